The van der Waals surface area contributed by atoms with Crippen LogP contribution in [0.5, 0.6) is 0 Å². The van der Waals surface area contributed by atoms with Crippen LogP contribution in [0.2, 0.25) is 5.02 Å². The number of halogens is 1. The van der Waals surface area contributed by atoms with Crippen LogP contribution in [0, 0.1) is 0 Å². The monoisotopic (exact) mass is 430 g/mol. The van der Waals surface area contributed by atoms with Crippen LogP contribution in [0.1, 0.15) is 11.1 Å². The van der Waals surface area contributed by atoms with E-state index < -0.39 is 11.2 Å². The van der Waals surface area contributed by atoms with E-state index in [1.54, 1.807) is 29.0 Å². The molecule has 3 rings (SSSR count). The Morgan fingerprint density at radius 3 is 2.23 bits per heavy atom. The van der Waals surface area contributed by atoms with Crippen LogP contribution < -0.4 is 11.2 Å². The smallest absolute Gasteiger partial charge is 0.330 e. The van der Waals surface area contributed by atoms with Gasteiger partial charge in [0.2, 0.25) is 11.8 Å². The lowest BCUT2D eigenvalue weighted by Gasteiger charge is -2.34. The van der Waals surface area contributed by atoms with Gasteiger partial charge < -0.3 is 14.4 Å². The number of piperazine rings is 1. The number of hydrogen-bond donors (Lipinski definition) is 0. The predicted molar refractivity (Wildman–Crippen MR) is 114 cm³/mol. The molecule has 0 aliphatic carbocycles. The molecule has 0 unspecified atom stereocenters. The average Bonchev–Trinajstić information content (AvgIpc) is 2.75. The molecule has 0 atom stereocenters. The number of benzene rings is 1. The van der Waals surface area contributed by atoms with Gasteiger partial charge in [-0.1, -0.05) is 23.7 Å². The quantitative estimate of drug-likeness (QED) is 0.667. The average molecular weight is 431 g/mol. The molecule has 158 valence electrons. The largest absolute Gasteiger partial charge is 0.339 e. The molecule has 0 spiro atoms. The fourth-order valence-electron chi connectivity index (χ4n) is 3.28. The number of aryl methyl sites for hydroxylation is 1. The molecule has 8 nitrogen and oxygen atoms in total. The first-order valence-electron chi connectivity index (χ1n) is 9.52. The summed E-state index contributed by atoms with van der Waals surface area (Å²) in [6.45, 7) is 1.74. The molecular formula is C21H23ClN4O4. The van der Waals surface area contributed by atoms with Gasteiger partial charge in [-0.05, 0) is 23.8 Å². The third kappa shape index (κ3) is 4.88. The van der Waals surface area contributed by atoms with Crippen molar-refractivity contribution < 1.29 is 9.59 Å². The Morgan fingerprint density at radius 2 is 1.60 bits per heavy atom. The highest BCUT2D eigenvalue weighted by Crippen LogP contribution is 2.12. The van der Waals surface area contributed by atoms with Crippen molar-refractivity contribution in [2.45, 2.75) is 6.42 Å². The first-order valence-corrected chi connectivity index (χ1v) is 9.90. The molecule has 1 aromatic heterocycles. The Labute approximate surface area is 178 Å². The molecule has 1 aliphatic rings. The lowest BCUT2D eigenvalue weighted by Crippen LogP contribution is -2.50. The molecule has 1 aromatic carbocycles. The number of carbonyl (C=O) groups excluding carboxylic acids is 2. The highest BCUT2D eigenvalue weighted by Gasteiger charge is 2.23. The van der Waals surface area contributed by atoms with Crippen molar-refractivity contribution in [3.63, 3.8) is 0 Å². The van der Waals surface area contributed by atoms with Gasteiger partial charge in [0.15, 0.2) is 0 Å². The van der Waals surface area contributed by atoms with Crippen molar-refractivity contribution in [2.24, 2.45) is 14.1 Å². The van der Waals surface area contributed by atoms with Crippen molar-refractivity contribution in [1.29, 1.82) is 0 Å². The molecule has 2 heterocycles. The van der Waals surface area contributed by atoms with Gasteiger partial charge >= 0.3 is 5.69 Å². The molecular weight excluding hydrogens is 408 g/mol. The van der Waals surface area contributed by atoms with Crippen molar-refractivity contribution in [3.8, 4) is 0 Å². The van der Waals surface area contributed by atoms with Crippen molar-refractivity contribution in [1.82, 2.24) is 18.9 Å². The molecule has 1 fully saturated rings. The summed E-state index contributed by atoms with van der Waals surface area (Å²) in [5, 5.41) is 0.627. The number of carbonyl (C=O) groups is 2. The van der Waals surface area contributed by atoms with Gasteiger partial charge in [-0.2, -0.15) is 0 Å². The zero-order chi connectivity index (χ0) is 21.8. The van der Waals surface area contributed by atoms with Crippen LogP contribution in [0.4, 0.5) is 0 Å². The second kappa shape index (κ2) is 9.13. The molecule has 0 bridgehead atoms. The number of aromatic nitrogens is 2. The molecule has 0 N–H and O–H groups in total. The third-order valence-corrected chi connectivity index (χ3v) is 5.34. The Kier molecular flexibility index (Phi) is 6.56. The minimum atomic E-state index is -0.459. The summed E-state index contributed by atoms with van der Waals surface area (Å²) < 4.78 is 2.28. The van der Waals surface area contributed by atoms with Crippen LogP contribution in [0.3, 0.4) is 0 Å². The van der Waals surface area contributed by atoms with Crippen LogP contribution in [-0.2, 0) is 30.1 Å². The summed E-state index contributed by atoms with van der Waals surface area (Å²) in [5.41, 5.74) is 0.261. The molecule has 1 aliphatic heterocycles. The second-order valence-electron chi connectivity index (χ2n) is 7.18. The Bertz CT molecular complexity index is 1090. The molecule has 0 radical (unpaired) electrons. The predicted octanol–water partition coefficient (Wildman–Crippen LogP) is 0.664. The summed E-state index contributed by atoms with van der Waals surface area (Å²) in [6.07, 6.45) is 4.44. The van der Waals surface area contributed by atoms with Crippen molar-refractivity contribution in [2.75, 3.05) is 26.2 Å². The number of amides is 2. The summed E-state index contributed by atoms with van der Waals surface area (Å²) in [6, 6.07) is 7.17. The molecule has 9 heteroatoms. The van der Waals surface area contributed by atoms with E-state index >= 15 is 0 Å². The van der Waals surface area contributed by atoms with E-state index in [1.165, 1.54) is 30.0 Å². The minimum Gasteiger partial charge on any atom is -0.339 e. The van der Waals surface area contributed by atoms with E-state index in [0.29, 0.717) is 37.6 Å². The summed E-state index contributed by atoms with van der Waals surface area (Å²) in [4.78, 5) is 52.2. The Morgan fingerprint density at radius 1 is 1.00 bits per heavy atom. The summed E-state index contributed by atoms with van der Waals surface area (Å²) in [7, 11) is 2.94. The highest BCUT2D eigenvalue weighted by molar-refractivity contribution is 6.30. The van der Waals surface area contributed by atoms with Crippen LogP contribution in [0.15, 0.2) is 46.1 Å². The van der Waals surface area contributed by atoms with Crippen molar-refractivity contribution >= 4 is 29.5 Å². The van der Waals surface area contributed by atoms with Gasteiger partial charge in [0.25, 0.3) is 5.56 Å². The molecule has 2 amide bonds. The van der Waals surface area contributed by atoms with E-state index in [9.17, 15) is 19.2 Å². The van der Waals surface area contributed by atoms with Gasteiger partial charge in [0.1, 0.15) is 0 Å². The molecule has 0 saturated carbocycles. The fourth-order valence-corrected chi connectivity index (χ4v) is 3.41. The highest BCUT2D eigenvalue weighted by atomic mass is 35.5. The molecule has 30 heavy (non-hydrogen) atoms. The van der Waals surface area contributed by atoms with Gasteiger partial charge in [-0.15, -0.1) is 0 Å². The van der Waals surface area contributed by atoms with Gasteiger partial charge in [-0.25, -0.2) is 4.79 Å². The summed E-state index contributed by atoms with van der Waals surface area (Å²) >= 11 is 5.87. The van der Waals surface area contributed by atoms with Gasteiger partial charge in [0.05, 0.1) is 12.0 Å². The van der Waals surface area contributed by atoms with Gasteiger partial charge in [0, 0.05) is 57.6 Å². The van der Waals surface area contributed by atoms with Crippen molar-refractivity contribution in [3.05, 3.63) is 73.5 Å². The zero-order valence-electron chi connectivity index (χ0n) is 16.9. The second-order valence-corrected chi connectivity index (χ2v) is 7.62. The zero-order valence-corrected chi connectivity index (χ0v) is 17.6. The van der Waals surface area contributed by atoms with E-state index in [0.717, 1.165) is 10.1 Å². The normalized spacial score (nSPS) is 14.4. The Hall–Kier alpha value is -3.13. The van der Waals surface area contributed by atoms with Crippen LogP contribution in [-0.4, -0.2) is 56.9 Å². The maximum absolute atomic E-state index is 12.5. The van der Waals surface area contributed by atoms with E-state index in [4.69, 9.17) is 11.6 Å². The lowest BCUT2D eigenvalue weighted by atomic mass is 10.1. The fraction of sp³-hybridized carbons (Fsp3) is 0.333. The lowest BCUT2D eigenvalue weighted by molar-refractivity contribution is -0.136. The van der Waals surface area contributed by atoms with Crippen LogP contribution in [0.25, 0.3) is 6.08 Å². The number of nitrogens with zero attached hydrogens (tertiary/aromatic N) is 4. The standard InChI is InChI=1S/C21H23ClN4O4/c1-23-14-16(20(29)24(2)21(23)30)5-8-18(27)25-9-11-26(12-10-25)19(28)13-15-3-6-17(22)7-4-15/h3-8,14H,9-13H2,1-2H3/b8-5+. The maximum Gasteiger partial charge on any atom is 0.330 e. The number of hydrogen-bond acceptors (Lipinski definition) is 4. The Balaban J connectivity index is 1.57. The van der Waals surface area contributed by atoms with E-state index in [1.807, 2.05) is 12.1 Å². The minimum absolute atomic E-state index is 0.00802. The third-order valence-electron chi connectivity index (χ3n) is 5.09. The number of rotatable bonds is 4. The first-order chi connectivity index (χ1) is 14.3. The summed E-state index contributed by atoms with van der Waals surface area (Å²) in [5.74, 6) is -0.232. The molecule has 1 saturated heterocycles. The first kappa shape index (κ1) is 21.6. The topological polar surface area (TPSA) is 84.6 Å². The molecule has 2 aromatic rings. The van der Waals surface area contributed by atoms with E-state index in [-0.39, 0.29) is 17.4 Å². The van der Waals surface area contributed by atoms with Crippen LogP contribution >= 0.6 is 11.6 Å². The van der Waals surface area contributed by atoms with Gasteiger partial charge in [-0.3, -0.25) is 19.0 Å². The van der Waals surface area contributed by atoms with E-state index in [2.05, 4.69) is 0 Å². The maximum atomic E-state index is 12.5. The SMILES string of the molecule is Cn1cc(/C=C/C(=O)N2CCN(C(=O)Cc3ccc(Cl)cc3)CC2)c(=O)n(C)c1=O.